The molecule has 1 heterocycles. The topological polar surface area (TPSA) is 71.3 Å². The van der Waals surface area contributed by atoms with Crippen molar-refractivity contribution in [3.63, 3.8) is 0 Å². The van der Waals surface area contributed by atoms with Crippen molar-refractivity contribution in [3.8, 4) is 0 Å². The molecule has 0 saturated carbocycles. The van der Waals surface area contributed by atoms with E-state index in [-0.39, 0.29) is 11.8 Å². The van der Waals surface area contributed by atoms with Crippen molar-refractivity contribution in [2.24, 2.45) is 5.92 Å². The van der Waals surface area contributed by atoms with Crippen LogP contribution in [-0.4, -0.2) is 27.6 Å². The lowest BCUT2D eigenvalue weighted by Gasteiger charge is -2.20. The second-order valence-corrected chi connectivity index (χ2v) is 4.35. The van der Waals surface area contributed by atoms with Gasteiger partial charge in [-0.2, -0.15) is 0 Å². The van der Waals surface area contributed by atoms with Crippen molar-refractivity contribution >= 4 is 11.9 Å². The molecule has 2 N–H and O–H groups in total. The van der Waals surface area contributed by atoms with Crippen molar-refractivity contribution in [1.82, 2.24) is 9.88 Å². The normalized spacial score (nSPS) is 13.9. The van der Waals surface area contributed by atoms with Gasteiger partial charge in [0.25, 0.3) is 5.91 Å². The van der Waals surface area contributed by atoms with Gasteiger partial charge in [-0.25, -0.2) is 4.79 Å². The third-order valence-corrected chi connectivity index (χ3v) is 3.17. The van der Waals surface area contributed by atoms with E-state index >= 15 is 0 Å². The highest BCUT2D eigenvalue weighted by Gasteiger charge is 2.26. The molecule has 0 fully saturated rings. The maximum Gasteiger partial charge on any atom is 0.326 e. The summed E-state index contributed by atoms with van der Waals surface area (Å²) in [5.74, 6) is -1.43. The standard InChI is InChI=1S/C13H20N2O3/c1-4-9(3)11(13(17)18)14-12(16)10-7-6-8-15(10)5-2/h6-9,11H,4-5H2,1-3H3,(H,14,16)(H,17,18)/t9?,11-/m0/s1. The summed E-state index contributed by atoms with van der Waals surface area (Å²) in [4.78, 5) is 23.2. The third kappa shape index (κ3) is 3.12. The molecule has 1 unspecified atom stereocenters. The van der Waals surface area contributed by atoms with Gasteiger partial charge in [0.1, 0.15) is 11.7 Å². The second kappa shape index (κ2) is 6.23. The van der Waals surface area contributed by atoms with Gasteiger partial charge in [-0.1, -0.05) is 20.3 Å². The minimum atomic E-state index is -0.993. The Labute approximate surface area is 107 Å². The van der Waals surface area contributed by atoms with Crippen molar-refractivity contribution in [3.05, 3.63) is 24.0 Å². The van der Waals surface area contributed by atoms with Crippen molar-refractivity contribution in [2.45, 2.75) is 39.8 Å². The van der Waals surface area contributed by atoms with Crippen LogP contribution in [0, 0.1) is 5.92 Å². The molecule has 18 heavy (non-hydrogen) atoms. The van der Waals surface area contributed by atoms with E-state index in [9.17, 15) is 9.59 Å². The van der Waals surface area contributed by atoms with E-state index in [1.807, 2.05) is 20.8 Å². The average Bonchev–Trinajstić information content (AvgIpc) is 2.82. The summed E-state index contributed by atoms with van der Waals surface area (Å²) >= 11 is 0. The molecule has 5 nitrogen and oxygen atoms in total. The number of carboxylic acids is 1. The molecule has 5 heteroatoms. The van der Waals surface area contributed by atoms with Crippen LogP contribution in [0.2, 0.25) is 0 Å². The number of rotatable bonds is 6. The zero-order chi connectivity index (χ0) is 13.7. The highest BCUT2D eigenvalue weighted by atomic mass is 16.4. The van der Waals surface area contributed by atoms with Gasteiger partial charge in [0.05, 0.1) is 0 Å². The van der Waals surface area contributed by atoms with Crippen LogP contribution in [0.4, 0.5) is 0 Å². The zero-order valence-electron chi connectivity index (χ0n) is 11.0. The zero-order valence-corrected chi connectivity index (χ0v) is 11.0. The first-order valence-corrected chi connectivity index (χ1v) is 6.20. The number of aromatic nitrogens is 1. The maximum absolute atomic E-state index is 12.0. The Hall–Kier alpha value is -1.78. The molecule has 0 aliphatic carbocycles. The summed E-state index contributed by atoms with van der Waals surface area (Å²) in [6.07, 6.45) is 2.50. The number of carbonyl (C=O) groups is 2. The first kappa shape index (κ1) is 14.3. The van der Waals surface area contributed by atoms with Crippen LogP contribution in [0.1, 0.15) is 37.7 Å². The molecule has 2 atom stereocenters. The lowest BCUT2D eigenvalue weighted by molar-refractivity contribution is -0.140. The fourth-order valence-electron chi connectivity index (χ4n) is 1.79. The van der Waals surface area contributed by atoms with Crippen LogP contribution in [-0.2, 0) is 11.3 Å². The van der Waals surface area contributed by atoms with E-state index in [0.29, 0.717) is 18.7 Å². The van der Waals surface area contributed by atoms with Crippen molar-refractivity contribution in [2.75, 3.05) is 0 Å². The fraction of sp³-hybridized carbons (Fsp3) is 0.538. The number of carboxylic acid groups (broad SMARTS) is 1. The number of hydrogen-bond donors (Lipinski definition) is 2. The van der Waals surface area contributed by atoms with E-state index < -0.39 is 12.0 Å². The molecular formula is C13H20N2O3. The summed E-state index contributed by atoms with van der Waals surface area (Å²) < 4.78 is 1.78. The quantitative estimate of drug-likeness (QED) is 0.810. The number of carbonyl (C=O) groups excluding carboxylic acids is 1. The Morgan fingerprint density at radius 2 is 2.11 bits per heavy atom. The predicted molar refractivity (Wildman–Crippen MR) is 68.5 cm³/mol. The maximum atomic E-state index is 12.0. The number of nitrogens with zero attached hydrogens (tertiary/aromatic N) is 1. The highest BCUT2D eigenvalue weighted by molar-refractivity contribution is 5.95. The summed E-state index contributed by atoms with van der Waals surface area (Å²) in [6, 6.07) is 2.62. The van der Waals surface area contributed by atoms with Gasteiger partial charge < -0.3 is 15.0 Å². The molecule has 0 bridgehead atoms. The first-order chi connectivity index (χ1) is 8.51. The molecule has 1 rings (SSSR count). The van der Waals surface area contributed by atoms with E-state index in [4.69, 9.17) is 5.11 Å². The van der Waals surface area contributed by atoms with Crippen LogP contribution in [0.3, 0.4) is 0 Å². The predicted octanol–water partition coefficient (Wildman–Crippen LogP) is 1.74. The molecule has 100 valence electrons. The van der Waals surface area contributed by atoms with Gasteiger partial charge >= 0.3 is 5.97 Å². The van der Waals surface area contributed by atoms with Crippen LogP contribution >= 0.6 is 0 Å². The van der Waals surface area contributed by atoms with E-state index in [1.165, 1.54) is 0 Å². The minimum absolute atomic E-state index is 0.100. The number of amides is 1. The van der Waals surface area contributed by atoms with Crippen LogP contribution in [0.5, 0.6) is 0 Å². The number of hydrogen-bond acceptors (Lipinski definition) is 2. The molecule has 0 aliphatic heterocycles. The van der Waals surface area contributed by atoms with Gasteiger partial charge in [-0.15, -0.1) is 0 Å². The highest BCUT2D eigenvalue weighted by Crippen LogP contribution is 2.10. The Kier molecular flexibility index (Phi) is 4.95. The van der Waals surface area contributed by atoms with Gasteiger partial charge in [0.2, 0.25) is 0 Å². The van der Waals surface area contributed by atoms with Gasteiger partial charge in [0, 0.05) is 12.7 Å². The molecule has 0 saturated heterocycles. The largest absolute Gasteiger partial charge is 0.480 e. The lowest BCUT2D eigenvalue weighted by atomic mass is 9.99. The summed E-state index contributed by atoms with van der Waals surface area (Å²) in [6.45, 7) is 6.33. The molecule has 0 spiro atoms. The molecule has 1 aromatic heterocycles. The first-order valence-electron chi connectivity index (χ1n) is 6.20. The van der Waals surface area contributed by atoms with Crippen molar-refractivity contribution in [1.29, 1.82) is 0 Å². The molecule has 0 aromatic carbocycles. The number of aryl methyl sites for hydroxylation is 1. The average molecular weight is 252 g/mol. The van der Waals surface area contributed by atoms with E-state index in [1.54, 1.807) is 22.9 Å². The molecule has 1 aromatic rings. The van der Waals surface area contributed by atoms with Crippen molar-refractivity contribution < 1.29 is 14.7 Å². The van der Waals surface area contributed by atoms with Gasteiger partial charge in [-0.05, 0) is 25.0 Å². The van der Waals surface area contributed by atoms with Gasteiger partial charge in [0.15, 0.2) is 0 Å². The smallest absolute Gasteiger partial charge is 0.326 e. The Balaban J connectivity index is 2.82. The van der Waals surface area contributed by atoms with Crippen LogP contribution in [0.25, 0.3) is 0 Å². The minimum Gasteiger partial charge on any atom is -0.480 e. The summed E-state index contributed by atoms with van der Waals surface area (Å²) in [7, 11) is 0. The number of nitrogens with one attached hydrogen (secondary N) is 1. The molecule has 1 amide bonds. The third-order valence-electron chi connectivity index (χ3n) is 3.17. The number of aliphatic carboxylic acids is 1. The molecular weight excluding hydrogens is 232 g/mol. The summed E-state index contributed by atoms with van der Waals surface area (Å²) in [5.41, 5.74) is 0.493. The second-order valence-electron chi connectivity index (χ2n) is 4.35. The molecule has 0 aliphatic rings. The SMILES string of the molecule is CCC(C)[C@H](NC(=O)c1cccn1CC)C(=O)O. The summed E-state index contributed by atoms with van der Waals surface area (Å²) in [5, 5.41) is 11.7. The van der Waals surface area contributed by atoms with Gasteiger partial charge in [-0.3, -0.25) is 4.79 Å². The Morgan fingerprint density at radius 1 is 1.44 bits per heavy atom. The van der Waals surface area contributed by atoms with Crippen LogP contribution < -0.4 is 5.32 Å². The van der Waals surface area contributed by atoms with E-state index in [2.05, 4.69) is 5.32 Å². The Bertz CT molecular complexity index is 426. The monoisotopic (exact) mass is 252 g/mol. The fourth-order valence-corrected chi connectivity index (χ4v) is 1.79. The Morgan fingerprint density at radius 3 is 2.61 bits per heavy atom. The molecule has 0 radical (unpaired) electrons. The van der Waals surface area contributed by atoms with E-state index in [0.717, 1.165) is 0 Å². The van der Waals surface area contributed by atoms with Crippen LogP contribution in [0.15, 0.2) is 18.3 Å². The lowest BCUT2D eigenvalue weighted by Crippen LogP contribution is -2.45.